The zero-order chi connectivity index (χ0) is 17.7. The summed E-state index contributed by atoms with van der Waals surface area (Å²) in [5.41, 5.74) is 0.340. The molecule has 0 spiro atoms. The van der Waals surface area contributed by atoms with E-state index in [0.717, 1.165) is 10.5 Å². The minimum atomic E-state index is -0.922. The molecule has 2 rings (SSSR count). The van der Waals surface area contributed by atoms with Crippen molar-refractivity contribution < 1.29 is 19.4 Å². The zero-order valence-electron chi connectivity index (χ0n) is 13.5. The molecular formula is C16H18N2O4S2. The van der Waals surface area contributed by atoms with E-state index >= 15 is 0 Å². The number of ether oxygens (including phenoxy) is 1. The fourth-order valence-electron chi connectivity index (χ4n) is 1.77. The highest BCUT2D eigenvalue weighted by atomic mass is 32.2. The van der Waals surface area contributed by atoms with Crippen LogP contribution in [0.3, 0.4) is 0 Å². The number of carboxylic acids is 1. The minimum Gasteiger partial charge on any atom is -0.477 e. The highest BCUT2D eigenvalue weighted by Crippen LogP contribution is 2.30. The predicted octanol–water partition coefficient (Wildman–Crippen LogP) is 4.48. The number of thiophene rings is 1. The first kappa shape index (κ1) is 18.3. The summed E-state index contributed by atoms with van der Waals surface area (Å²) in [6, 6.07) is 5.35. The van der Waals surface area contributed by atoms with Gasteiger partial charge in [-0.1, -0.05) is 0 Å². The van der Waals surface area contributed by atoms with Gasteiger partial charge >= 0.3 is 12.1 Å². The molecule has 0 aliphatic rings. The fourth-order valence-corrected chi connectivity index (χ4v) is 3.69. The lowest BCUT2D eigenvalue weighted by Gasteiger charge is -2.19. The van der Waals surface area contributed by atoms with E-state index in [1.165, 1.54) is 23.1 Å². The summed E-state index contributed by atoms with van der Waals surface area (Å²) in [5.74, 6) is 0.0448. The van der Waals surface area contributed by atoms with Crippen LogP contribution in [0, 0.1) is 0 Å². The molecule has 0 aliphatic heterocycles. The first-order chi connectivity index (χ1) is 11.2. The van der Waals surface area contributed by atoms with Crippen LogP contribution in [0.25, 0.3) is 0 Å². The molecular weight excluding hydrogens is 348 g/mol. The number of carbonyl (C=O) groups is 2. The maximum Gasteiger partial charge on any atom is 0.413 e. The second-order valence-electron chi connectivity index (χ2n) is 5.88. The van der Waals surface area contributed by atoms with Crippen molar-refractivity contribution in [2.24, 2.45) is 0 Å². The Hall–Kier alpha value is -2.06. The number of pyridine rings is 1. The van der Waals surface area contributed by atoms with Gasteiger partial charge < -0.3 is 9.84 Å². The van der Waals surface area contributed by atoms with E-state index in [1.54, 1.807) is 44.5 Å². The van der Waals surface area contributed by atoms with Crippen LogP contribution in [0.1, 0.15) is 36.0 Å². The highest BCUT2D eigenvalue weighted by molar-refractivity contribution is 7.98. The second kappa shape index (κ2) is 7.67. The van der Waals surface area contributed by atoms with E-state index < -0.39 is 17.7 Å². The summed E-state index contributed by atoms with van der Waals surface area (Å²) >= 11 is 2.63. The van der Waals surface area contributed by atoms with Crippen molar-refractivity contribution in [2.45, 2.75) is 37.0 Å². The molecule has 2 aromatic heterocycles. The minimum absolute atomic E-state index is 0.334. The van der Waals surface area contributed by atoms with Gasteiger partial charge in [-0.15, -0.1) is 23.1 Å². The molecule has 0 unspecified atom stereocenters. The van der Waals surface area contributed by atoms with Gasteiger partial charge in [-0.3, -0.25) is 5.32 Å². The van der Waals surface area contributed by atoms with Crippen LogP contribution in [-0.4, -0.2) is 27.8 Å². The van der Waals surface area contributed by atoms with Crippen LogP contribution in [0.15, 0.2) is 34.7 Å². The van der Waals surface area contributed by atoms with Gasteiger partial charge in [0.15, 0.2) is 0 Å². The Kier molecular flexibility index (Phi) is 5.84. The summed E-state index contributed by atoms with van der Waals surface area (Å²) < 4.78 is 5.18. The third-order valence-electron chi connectivity index (χ3n) is 2.67. The monoisotopic (exact) mass is 366 g/mol. The number of nitrogens with one attached hydrogen (secondary N) is 1. The Morgan fingerprint density at radius 1 is 1.38 bits per heavy atom. The number of carbonyl (C=O) groups excluding carboxylic acids is 1. The lowest BCUT2D eigenvalue weighted by molar-refractivity contribution is 0.0633. The van der Waals surface area contributed by atoms with Gasteiger partial charge in [-0.05, 0) is 49.9 Å². The lowest BCUT2D eigenvalue weighted by Crippen LogP contribution is -2.27. The molecule has 2 N–H and O–H groups in total. The van der Waals surface area contributed by atoms with E-state index in [1.807, 2.05) is 6.07 Å². The molecule has 128 valence electrons. The normalized spacial score (nSPS) is 11.1. The first-order valence-electron chi connectivity index (χ1n) is 7.13. The average molecular weight is 366 g/mol. The van der Waals surface area contributed by atoms with Crippen molar-refractivity contribution in [1.29, 1.82) is 0 Å². The molecule has 0 radical (unpaired) electrons. The summed E-state index contributed by atoms with van der Waals surface area (Å²) in [6.07, 6.45) is 1.03. The Bertz CT molecular complexity index is 738. The van der Waals surface area contributed by atoms with Crippen molar-refractivity contribution in [1.82, 2.24) is 4.98 Å². The predicted molar refractivity (Wildman–Crippen MR) is 94.9 cm³/mol. The Morgan fingerprint density at radius 2 is 2.12 bits per heavy atom. The van der Waals surface area contributed by atoms with E-state index in [2.05, 4.69) is 10.3 Å². The SMILES string of the molecule is CC(C)(C)OC(=O)Nc1cc(CSc2ccsc2C(=O)O)ccn1. The molecule has 8 heteroatoms. The quantitative estimate of drug-likeness (QED) is 0.759. The van der Waals surface area contributed by atoms with Crippen molar-refractivity contribution in [3.8, 4) is 0 Å². The molecule has 1 amide bonds. The molecule has 0 aliphatic carbocycles. The number of carboxylic acid groups (broad SMARTS) is 1. The maximum absolute atomic E-state index is 11.8. The summed E-state index contributed by atoms with van der Waals surface area (Å²) in [5, 5.41) is 13.5. The molecule has 0 atom stereocenters. The van der Waals surface area contributed by atoms with Crippen LogP contribution in [-0.2, 0) is 10.5 Å². The largest absolute Gasteiger partial charge is 0.477 e. The molecule has 0 saturated carbocycles. The van der Waals surface area contributed by atoms with Crippen LogP contribution in [0.4, 0.5) is 10.6 Å². The molecule has 24 heavy (non-hydrogen) atoms. The van der Waals surface area contributed by atoms with Gasteiger partial charge in [0, 0.05) is 16.8 Å². The maximum atomic E-state index is 11.8. The summed E-state index contributed by atoms with van der Waals surface area (Å²) in [4.78, 5) is 28.0. The number of nitrogens with zero attached hydrogens (tertiary/aromatic N) is 1. The molecule has 6 nitrogen and oxygen atoms in total. The number of hydrogen-bond donors (Lipinski definition) is 2. The molecule has 0 fully saturated rings. The number of anilines is 1. The van der Waals surface area contributed by atoms with E-state index in [-0.39, 0.29) is 0 Å². The number of aromatic carboxylic acids is 1. The van der Waals surface area contributed by atoms with Crippen molar-refractivity contribution in [2.75, 3.05) is 5.32 Å². The lowest BCUT2D eigenvalue weighted by atomic mass is 10.2. The standard InChI is InChI=1S/C16H18N2O4S2/c1-16(2,3)22-15(21)18-12-8-10(4-6-17-12)9-24-11-5-7-23-13(11)14(19)20/h4-8H,9H2,1-3H3,(H,19,20)(H,17,18,21). The first-order valence-corrected chi connectivity index (χ1v) is 8.99. The van der Waals surface area contributed by atoms with E-state index in [9.17, 15) is 9.59 Å². The summed E-state index contributed by atoms with van der Waals surface area (Å²) in [6.45, 7) is 5.36. The van der Waals surface area contributed by atoms with Crippen molar-refractivity contribution in [3.05, 3.63) is 40.2 Å². The fraction of sp³-hybridized carbons (Fsp3) is 0.312. The van der Waals surface area contributed by atoms with Crippen LogP contribution < -0.4 is 5.32 Å². The number of amides is 1. The van der Waals surface area contributed by atoms with Crippen LogP contribution in [0.2, 0.25) is 0 Å². The zero-order valence-corrected chi connectivity index (χ0v) is 15.2. The van der Waals surface area contributed by atoms with Gasteiger partial charge in [-0.2, -0.15) is 0 Å². The van der Waals surface area contributed by atoms with Gasteiger partial charge in [-0.25, -0.2) is 14.6 Å². The Balaban J connectivity index is 1.99. The number of rotatable bonds is 5. The summed E-state index contributed by atoms with van der Waals surface area (Å²) in [7, 11) is 0. The average Bonchev–Trinajstić information content (AvgIpc) is 2.92. The molecule has 0 aromatic carbocycles. The van der Waals surface area contributed by atoms with Gasteiger partial charge in [0.1, 0.15) is 16.3 Å². The third kappa shape index (κ3) is 5.54. The van der Waals surface area contributed by atoms with Crippen molar-refractivity contribution in [3.63, 3.8) is 0 Å². The third-order valence-corrected chi connectivity index (χ3v) is 4.83. The highest BCUT2D eigenvalue weighted by Gasteiger charge is 2.17. The van der Waals surface area contributed by atoms with Crippen molar-refractivity contribution >= 4 is 41.0 Å². The Morgan fingerprint density at radius 3 is 2.79 bits per heavy atom. The number of thioether (sulfide) groups is 1. The van der Waals surface area contributed by atoms with E-state index in [4.69, 9.17) is 9.84 Å². The smallest absolute Gasteiger partial charge is 0.413 e. The van der Waals surface area contributed by atoms with Crippen LogP contribution >= 0.6 is 23.1 Å². The molecule has 2 heterocycles. The van der Waals surface area contributed by atoms with Gasteiger partial charge in [0.25, 0.3) is 0 Å². The topological polar surface area (TPSA) is 88.5 Å². The Labute approximate surface area is 148 Å². The second-order valence-corrected chi connectivity index (χ2v) is 7.82. The number of hydrogen-bond acceptors (Lipinski definition) is 6. The molecule has 0 bridgehead atoms. The molecule has 2 aromatic rings. The van der Waals surface area contributed by atoms with Gasteiger partial charge in [0.2, 0.25) is 0 Å². The van der Waals surface area contributed by atoms with E-state index in [0.29, 0.717) is 16.4 Å². The van der Waals surface area contributed by atoms with Crippen LogP contribution in [0.5, 0.6) is 0 Å². The van der Waals surface area contributed by atoms with Gasteiger partial charge in [0.05, 0.1) is 0 Å². The molecule has 0 saturated heterocycles. The number of aromatic nitrogens is 1.